The second kappa shape index (κ2) is 8.37. The molecule has 6 heteroatoms. The average molecular weight is 406 g/mol. The number of aryl methyl sites for hydroxylation is 1. The van der Waals surface area contributed by atoms with E-state index in [1.807, 2.05) is 72.2 Å². The van der Waals surface area contributed by atoms with Crippen LogP contribution < -0.4 is 10.1 Å². The minimum atomic E-state index is -0.182. The Hall–Kier alpha value is -3.31. The summed E-state index contributed by atoms with van der Waals surface area (Å²) in [7, 11) is 0. The number of nitrogens with one attached hydrogen (secondary N) is 1. The van der Waals surface area contributed by atoms with E-state index in [4.69, 9.17) is 16.3 Å². The highest BCUT2D eigenvalue weighted by molar-refractivity contribution is 6.33. The third-order valence-corrected chi connectivity index (χ3v) is 4.96. The predicted octanol–water partition coefficient (Wildman–Crippen LogP) is 5.22. The van der Waals surface area contributed by atoms with Crippen LogP contribution in [-0.2, 0) is 17.9 Å². The van der Waals surface area contributed by atoms with Crippen molar-refractivity contribution < 1.29 is 9.53 Å². The Morgan fingerprint density at radius 1 is 1.03 bits per heavy atom. The zero-order valence-corrected chi connectivity index (χ0v) is 16.7. The van der Waals surface area contributed by atoms with Crippen molar-refractivity contribution in [2.24, 2.45) is 0 Å². The Bertz CT molecular complexity index is 1170. The van der Waals surface area contributed by atoms with Gasteiger partial charge < -0.3 is 14.6 Å². The highest BCUT2D eigenvalue weighted by Crippen LogP contribution is 2.22. The summed E-state index contributed by atoms with van der Waals surface area (Å²) in [4.78, 5) is 17.4. The largest absolute Gasteiger partial charge is 0.485 e. The SMILES string of the molecule is Cc1ccccc1OCc1nc2ccccc2n1CC(=O)Nc1ccccc1Cl. The van der Waals surface area contributed by atoms with Gasteiger partial charge in [-0.25, -0.2) is 4.98 Å². The molecule has 0 unspecified atom stereocenters. The van der Waals surface area contributed by atoms with E-state index < -0.39 is 0 Å². The van der Waals surface area contributed by atoms with Crippen LogP contribution in [0.4, 0.5) is 5.69 Å². The fraction of sp³-hybridized carbons (Fsp3) is 0.130. The summed E-state index contributed by atoms with van der Waals surface area (Å²) in [5, 5.41) is 3.36. The van der Waals surface area contributed by atoms with Crippen molar-refractivity contribution in [1.29, 1.82) is 0 Å². The van der Waals surface area contributed by atoms with Crippen molar-refractivity contribution >= 4 is 34.2 Å². The van der Waals surface area contributed by atoms with Crippen LogP contribution in [-0.4, -0.2) is 15.5 Å². The summed E-state index contributed by atoms with van der Waals surface area (Å²) in [6, 6.07) is 22.7. The van der Waals surface area contributed by atoms with Crippen LogP contribution in [0.1, 0.15) is 11.4 Å². The molecular weight excluding hydrogens is 386 g/mol. The Morgan fingerprint density at radius 2 is 1.76 bits per heavy atom. The van der Waals surface area contributed by atoms with Crippen LogP contribution in [0.5, 0.6) is 5.75 Å². The van der Waals surface area contributed by atoms with Gasteiger partial charge in [-0.3, -0.25) is 4.79 Å². The van der Waals surface area contributed by atoms with Crippen molar-refractivity contribution in [3.63, 3.8) is 0 Å². The number of carbonyl (C=O) groups is 1. The topological polar surface area (TPSA) is 56.2 Å². The van der Waals surface area contributed by atoms with Crippen molar-refractivity contribution in [3.05, 3.63) is 89.2 Å². The van der Waals surface area contributed by atoms with Gasteiger partial charge in [0, 0.05) is 0 Å². The van der Waals surface area contributed by atoms with Gasteiger partial charge in [0.2, 0.25) is 5.91 Å². The number of anilines is 1. The van der Waals surface area contributed by atoms with Gasteiger partial charge in [-0.1, -0.05) is 54.1 Å². The first kappa shape index (κ1) is 19.0. The van der Waals surface area contributed by atoms with Crippen LogP contribution in [0.2, 0.25) is 5.02 Å². The summed E-state index contributed by atoms with van der Waals surface area (Å²) in [6.07, 6.45) is 0. The van der Waals surface area contributed by atoms with E-state index in [1.165, 1.54) is 0 Å². The number of para-hydroxylation sites is 4. The van der Waals surface area contributed by atoms with Crippen molar-refractivity contribution in [1.82, 2.24) is 9.55 Å². The molecule has 0 saturated heterocycles. The van der Waals surface area contributed by atoms with Gasteiger partial charge in [-0.15, -0.1) is 0 Å². The molecule has 4 aromatic rings. The zero-order valence-electron chi connectivity index (χ0n) is 15.9. The number of hydrogen-bond acceptors (Lipinski definition) is 3. The Kier molecular flexibility index (Phi) is 5.49. The lowest BCUT2D eigenvalue weighted by Gasteiger charge is -2.12. The number of rotatable bonds is 6. The smallest absolute Gasteiger partial charge is 0.244 e. The number of carbonyl (C=O) groups excluding carboxylic acids is 1. The molecule has 4 rings (SSSR count). The zero-order chi connectivity index (χ0) is 20.2. The lowest BCUT2D eigenvalue weighted by atomic mass is 10.2. The van der Waals surface area contributed by atoms with Crippen molar-refractivity contribution in [2.75, 3.05) is 5.32 Å². The van der Waals surface area contributed by atoms with Crippen LogP contribution in [0.3, 0.4) is 0 Å². The normalized spacial score (nSPS) is 10.8. The standard InChI is InChI=1S/C23H20ClN3O2/c1-16-8-2-7-13-21(16)29-15-22-25-19-11-5-6-12-20(19)27(22)14-23(28)26-18-10-4-3-9-17(18)24/h2-13H,14-15H2,1H3,(H,26,28). The number of fused-ring (bicyclic) bond motifs is 1. The summed E-state index contributed by atoms with van der Waals surface area (Å²) < 4.78 is 7.85. The lowest BCUT2D eigenvalue weighted by molar-refractivity contribution is -0.116. The molecule has 1 heterocycles. The van der Waals surface area contributed by atoms with E-state index in [2.05, 4.69) is 10.3 Å². The van der Waals surface area contributed by atoms with Crippen molar-refractivity contribution in [2.45, 2.75) is 20.1 Å². The minimum Gasteiger partial charge on any atom is -0.485 e. The van der Waals surface area contributed by atoms with Crippen LogP contribution in [0.15, 0.2) is 72.8 Å². The molecular formula is C23H20ClN3O2. The van der Waals surface area contributed by atoms with Gasteiger partial charge in [0.25, 0.3) is 0 Å². The molecule has 0 radical (unpaired) electrons. The third-order valence-electron chi connectivity index (χ3n) is 4.63. The number of nitrogens with zero attached hydrogens (tertiary/aromatic N) is 2. The molecule has 3 aromatic carbocycles. The molecule has 0 aliphatic heterocycles. The molecule has 0 aliphatic carbocycles. The molecule has 1 N–H and O–H groups in total. The number of ether oxygens (including phenoxy) is 1. The second-order valence-corrected chi connectivity index (χ2v) is 7.09. The summed E-state index contributed by atoms with van der Waals surface area (Å²) >= 11 is 6.16. The number of imidazole rings is 1. The number of benzene rings is 3. The molecule has 1 aromatic heterocycles. The number of amides is 1. The minimum absolute atomic E-state index is 0.109. The van der Waals surface area contributed by atoms with E-state index in [1.54, 1.807) is 12.1 Å². The average Bonchev–Trinajstić information content (AvgIpc) is 3.06. The predicted molar refractivity (Wildman–Crippen MR) is 115 cm³/mol. The third kappa shape index (κ3) is 4.25. The molecule has 5 nitrogen and oxygen atoms in total. The monoisotopic (exact) mass is 405 g/mol. The maximum atomic E-state index is 12.7. The van der Waals surface area contributed by atoms with Gasteiger partial charge in [-0.2, -0.15) is 0 Å². The number of hydrogen-bond donors (Lipinski definition) is 1. The number of halogens is 1. The fourth-order valence-corrected chi connectivity index (χ4v) is 3.35. The maximum Gasteiger partial charge on any atom is 0.244 e. The summed E-state index contributed by atoms with van der Waals surface area (Å²) in [5.41, 5.74) is 3.33. The summed E-state index contributed by atoms with van der Waals surface area (Å²) in [5.74, 6) is 1.30. The molecule has 0 atom stereocenters. The van der Waals surface area contributed by atoms with Crippen LogP contribution >= 0.6 is 11.6 Å². The van der Waals surface area contributed by atoms with E-state index in [0.717, 1.165) is 22.3 Å². The molecule has 1 amide bonds. The molecule has 0 bridgehead atoms. The summed E-state index contributed by atoms with van der Waals surface area (Å²) in [6.45, 7) is 2.37. The van der Waals surface area contributed by atoms with E-state index in [-0.39, 0.29) is 19.1 Å². The first-order valence-corrected chi connectivity index (χ1v) is 9.66. The van der Waals surface area contributed by atoms with Gasteiger partial charge in [0.15, 0.2) is 0 Å². The Labute approximate surface area is 173 Å². The Balaban J connectivity index is 1.59. The fourth-order valence-electron chi connectivity index (χ4n) is 3.17. The molecule has 29 heavy (non-hydrogen) atoms. The highest BCUT2D eigenvalue weighted by atomic mass is 35.5. The Morgan fingerprint density at radius 3 is 2.59 bits per heavy atom. The molecule has 0 spiro atoms. The quantitative estimate of drug-likeness (QED) is 0.478. The molecule has 0 fully saturated rings. The first-order chi connectivity index (χ1) is 14.1. The number of aromatic nitrogens is 2. The van der Waals surface area contributed by atoms with E-state index in [0.29, 0.717) is 16.5 Å². The van der Waals surface area contributed by atoms with Gasteiger partial charge in [-0.05, 0) is 42.8 Å². The second-order valence-electron chi connectivity index (χ2n) is 6.69. The molecule has 0 saturated carbocycles. The van der Waals surface area contributed by atoms with Crippen LogP contribution in [0, 0.1) is 6.92 Å². The van der Waals surface area contributed by atoms with E-state index in [9.17, 15) is 4.79 Å². The van der Waals surface area contributed by atoms with Gasteiger partial charge >= 0.3 is 0 Å². The van der Waals surface area contributed by atoms with E-state index >= 15 is 0 Å². The lowest BCUT2D eigenvalue weighted by Crippen LogP contribution is -2.21. The van der Waals surface area contributed by atoms with Gasteiger partial charge in [0.1, 0.15) is 24.7 Å². The first-order valence-electron chi connectivity index (χ1n) is 9.29. The van der Waals surface area contributed by atoms with Crippen molar-refractivity contribution in [3.8, 4) is 5.75 Å². The molecule has 0 aliphatic rings. The van der Waals surface area contributed by atoms with Gasteiger partial charge in [0.05, 0.1) is 21.7 Å². The molecule has 146 valence electrons. The highest BCUT2D eigenvalue weighted by Gasteiger charge is 2.15. The van der Waals surface area contributed by atoms with Crippen LogP contribution in [0.25, 0.3) is 11.0 Å². The maximum absolute atomic E-state index is 12.7.